The van der Waals surface area contributed by atoms with Crippen molar-refractivity contribution in [2.24, 2.45) is 0 Å². The molecule has 0 radical (unpaired) electrons. The van der Waals surface area contributed by atoms with Gasteiger partial charge in [0.15, 0.2) is 5.65 Å². The number of hydrogen-bond donors (Lipinski definition) is 3. The van der Waals surface area contributed by atoms with Crippen LogP contribution in [0.25, 0.3) is 11.0 Å². The highest BCUT2D eigenvalue weighted by atomic mass is 19.1. The predicted octanol–water partition coefficient (Wildman–Crippen LogP) is 2.13. The van der Waals surface area contributed by atoms with E-state index in [1.807, 2.05) is 0 Å². The molecule has 0 amide bonds. The molecule has 0 fully saturated rings. The van der Waals surface area contributed by atoms with Crippen LogP contribution in [0, 0.1) is 12.7 Å². The minimum atomic E-state index is -0.282. The first-order chi connectivity index (χ1) is 9.15. The molecule has 3 rings (SSSR count). The van der Waals surface area contributed by atoms with Crippen LogP contribution in [0.2, 0.25) is 0 Å². The van der Waals surface area contributed by atoms with E-state index >= 15 is 0 Å². The number of anilines is 3. The zero-order valence-electron chi connectivity index (χ0n) is 10.1. The molecule has 0 unspecified atom stereocenters. The van der Waals surface area contributed by atoms with Gasteiger partial charge in [0.2, 0.25) is 5.95 Å². The lowest BCUT2D eigenvalue weighted by Crippen LogP contribution is -2.02. The molecule has 0 aliphatic rings. The standard InChI is InChI=1S/C12H11FN6/c1-6-8(13)3-2-4-9(6)16-10-7-5-15-19-11(7)18-12(14)17-10/h2-5H,1H3,(H4,14,15,16,17,18,19). The topological polar surface area (TPSA) is 92.5 Å². The predicted molar refractivity (Wildman–Crippen MR) is 70.5 cm³/mol. The quantitative estimate of drug-likeness (QED) is 0.654. The van der Waals surface area contributed by atoms with Gasteiger partial charge in [0.25, 0.3) is 0 Å². The molecule has 6 nitrogen and oxygen atoms in total. The largest absolute Gasteiger partial charge is 0.368 e. The van der Waals surface area contributed by atoms with Crippen molar-refractivity contribution in [2.45, 2.75) is 6.92 Å². The first-order valence-electron chi connectivity index (χ1n) is 5.64. The minimum absolute atomic E-state index is 0.119. The first-order valence-corrected chi connectivity index (χ1v) is 5.64. The monoisotopic (exact) mass is 258 g/mol. The number of H-pyrrole nitrogens is 1. The molecule has 0 saturated carbocycles. The second kappa shape index (κ2) is 4.20. The summed E-state index contributed by atoms with van der Waals surface area (Å²) in [7, 11) is 0. The fourth-order valence-electron chi connectivity index (χ4n) is 1.82. The summed E-state index contributed by atoms with van der Waals surface area (Å²) in [5.41, 5.74) is 7.29. The fraction of sp³-hybridized carbons (Fsp3) is 0.0833. The molecule has 96 valence electrons. The molecule has 0 aliphatic heterocycles. The van der Waals surface area contributed by atoms with Gasteiger partial charge in [-0.2, -0.15) is 15.1 Å². The summed E-state index contributed by atoms with van der Waals surface area (Å²) >= 11 is 0. The van der Waals surface area contributed by atoms with Crippen LogP contribution in [-0.2, 0) is 0 Å². The number of nitrogens with two attached hydrogens (primary N) is 1. The van der Waals surface area contributed by atoms with E-state index in [0.29, 0.717) is 28.1 Å². The summed E-state index contributed by atoms with van der Waals surface area (Å²) < 4.78 is 13.5. The van der Waals surface area contributed by atoms with Gasteiger partial charge in [-0.15, -0.1) is 0 Å². The SMILES string of the molecule is Cc1c(F)cccc1Nc1nc(N)nc2[nH]ncc12. The Balaban J connectivity index is 2.10. The molecule has 0 spiro atoms. The number of hydrogen-bond acceptors (Lipinski definition) is 5. The Bertz CT molecular complexity index is 751. The summed E-state index contributed by atoms with van der Waals surface area (Å²) in [4.78, 5) is 8.13. The molecule has 0 bridgehead atoms. The van der Waals surface area contributed by atoms with Gasteiger partial charge in [-0.3, -0.25) is 5.10 Å². The summed E-state index contributed by atoms with van der Waals surface area (Å²) in [6.45, 7) is 1.69. The molecule has 0 atom stereocenters. The number of halogens is 1. The second-order valence-corrected chi connectivity index (χ2v) is 4.10. The van der Waals surface area contributed by atoms with Crippen molar-refractivity contribution in [3.63, 3.8) is 0 Å². The average molecular weight is 258 g/mol. The van der Waals surface area contributed by atoms with Crippen molar-refractivity contribution in [2.75, 3.05) is 11.1 Å². The maximum absolute atomic E-state index is 13.5. The van der Waals surface area contributed by atoms with Crippen molar-refractivity contribution >= 4 is 28.5 Å². The van der Waals surface area contributed by atoms with Crippen molar-refractivity contribution in [1.82, 2.24) is 20.2 Å². The lowest BCUT2D eigenvalue weighted by Gasteiger charge is -2.10. The lowest BCUT2D eigenvalue weighted by atomic mass is 10.2. The molecule has 0 aliphatic carbocycles. The van der Waals surface area contributed by atoms with Gasteiger partial charge < -0.3 is 11.1 Å². The number of rotatable bonds is 2. The van der Waals surface area contributed by atoms with E-state index in [1.54, 1.807) is 25.3 Å². The number of benzene rings is 1. The number of nitrogens with zero attached hydrogens (tertiary/aromatic N) is 3. The van der Waals surface area contributed by atoms with Crippen LogP contribution < -0.4 is 11.1 Å². The van der Waals surface area contributed by atoms with Gasteiger partial charge >= 0.3 is 0 Å². The Morgan fingerprint density at radius 2 is 2.16 bits per heavy atom. The molecular formula is C12H11FN6. The molecular weight excluding hydrogens is 247 g/mol. The Morgan fingerprint density at radius 1 is 1.32 bits per heavy atom. The Morgan fingerprint density at radius 3 is 3.00 bits per heavy atom. The van der Waals surface area contributed by atoms with Crippen LogP contribution in [0.3, 0.4) is 0 Å². The van der Waals surface area contributed by atoms with Crippen LogP contribution in [0.5, 0.6) is 0 Å². The average Bonchev–Trinajstić information content (AvgIpc) is 2.83. The number of fused-ring (bicyclic) bond motifs is 1. The maximum atomic E-state index is 13.5. The number of nitrogens with one attached hydrogen (secondary N) is 2. The van der Waals surface area contributed by atoms with Gasteiger partial charge in [-0.25, -0.2) is 4.39 Å². The van der Waals surface area contributed by atoms with Gasteiger partial charge in [0.05, 0.1) is 11.6 Å². The van der Waals surface area contributed by atoms with Crippen LogP contribution in [0.4, 0.5) is 21.8 Å². The molecule has 3 aromatic rings. The molecule has 1 aromatic carbocycles. The van der Waals surface area contributed by atoms with Gasteiger partial charge in [-0.1, -0.05) is 6.07 Å². The van der Waals surface area contributed by atoms with E-state index in [4.69, 9.17) is 5.73 Å². The number of nitrogen functional groups attached to an aromatic ring is 1. The third-order valence-corrected chi connectivity index (χ3v) is 2.85. The van der Waals surface area contributed by atoms with Crippen LogP contribution in [0.15, 0.2) is 24.4 Å². The summed E-state index contributed by atoms with van der Waals surface area (Å²) in [6.07, 6.45) is 1.59. The smallest absolute Gasteiger partial charge is 0.224 e. The highest BCUT2D eigenvalue weighted by Crippen LogP contribution is 2.25. The molecule has 2 aromatic heterocycles. The molecule has 0 saturated heterocycles. The van der Waals surface area contributed by atoms with E-state index < -0.39 is 0 Å². The lowest BCUT2D eigenvalue weighted by molar-refractivity contribution is 0.619. The number of aromatic nitrogens is 4. The highest BCUT2D eigenvalue weighted by molar-refractivity contribution is 5.89. The number of aromatic amines is 1. The molecule has 7 heteroatoms. The Kier molecular flexibility index (Phi) is 2.52. The third-order valence-electron chi connectivity index (χ3n) is 2.85. The van der Waals surface area contributed by atoms with Crippen molar-refractivity contribution in [1.29, 1.82) is 0 Å². The van der Waals surface area contributed by atoms with E-state index in [2.05, 4.69) is 25.5 Å². The fourth-order valence-corrected chi connectivity index (χ4v) is 1.82. The van der Waals surface area contributed by atoms with Crippen molar-refractivity contribution < 1.29 is 4.39 Å². The van der Waals surface area contributed by atoms with E-state index in [-0.39, 0.29) is 11.8 Å². The van der Waals surface area contributed by atoms with E-state index in [1.165, 1.54) is 6.07 Å². The highest BCUT2D eigenvalue weighted by Gasteiger charge is 2.10. The Labute approximate surface area is 107 Å². The zero-order valence-corrected chi connectivity index (χ0v) is 10.1. The summed E-state index contributed by atoms with van der Waals surface area (Å²) in [5, 5.41) is 10.3. The molecule has 4 N–H and O–H groups in total. The molecule has 2 heterocycles. The maximum Gasteiger partial charge on any atom is 0.224 e. The van der Waals surface area contributed by atoms with Gasteiger partial charge in [0, 0.05) is 11.3 Å². The second-order valence-electron chi connectivity index (χ2n) is 4.10. The van der Waals surface area contributed by atoms with E-state index in [0.717, 1.165) is 0 Å². The Hall–Kier alpha value is -2.70. The van der Waals surface area contributed by atoms with Gasteiger partial charge in [0.1, 0.15) is 11.6 Å². The van der Waals surface area contributed by atoms with Crippen molar-refractivity contribution in [3.05, 3.63) is 35.8 Å². The first kappa shape index (κ1) is 11.4. The third kappa shape index (κ3) is 1.95. The zero-order chi connectivity index (χ0) is 13.4. The summed E-state index contributed by atoms with van der Waals surface area (Å²) in [6, 6.07) is 4.80. The van der Waals surface area contributed by atoms with Gasteiger partial charge in [-0.05, 0) is 19.1 Å². The van der Waals surface area contributed by atoms with E-state index in [9.17, 15) is 4.39 Å². The van der Waals surface area contributed by atoms with Crippen molar-refractivity contribution in [3.8, 4) is 0 Å². The summed E-state index contributed by atoms with van der Waals surface area (Å²) in [5.74, 6) is 0.328. The van der Waals surface area contributed by atoms with Crippen LogP contribution in [0.1, 0.15) is 5.56 Å². The minimum Gasteiger partial charge on any atom is -0.368 e. The molecule has 19 heavy (non-hydrogen) atoms. The normalized spacial score (nSPS) is 10.8. The van der Waals surface area contributed by atoms with Crippen LogP contribution in [-0.4, -0.2) is 20.2 Å². The van der Waals surface area contributed by atoms with Crippen LogP contribution >= 0.6 is 0 Å².